The molecule has 1 aliphatic heterocycles. The van der Waals surface area contributed by atoms with Crippen molar-refractivity contribution in [3.63, 3.8) is 0 Å². The van der Waals surface area contributed by atoms with Crippen LogP contribution in [0.2, 0.25) is 0 Å². The first-order valence-electron chi connectivity index (χ1n) is 5.60. The first-order valence-corrected chi connectivity index (χ1v) is 7.04. The standard InChI is InChI=1S/C12H8N2O5S/c15-7-9-4-3-8(19-9)6-14-12(16)10-2-1-5-13-11(10)20(14,17)18/h1-5,7H,6H2. The number of amides is 1. The number of carbonyl (C=O) groups is 2. The number of carbonyl (C=O) groups excluding carboxylic acids is 2. The van der Waals surface area contributed by atoms with Crippen LogP contribution in [-0.2, 0) is 16.6 Å². The van der Waals surface area contributed by atoms with E-state index in [-0.39, 0.29) is 28.7 Å². The zero-order valence-corrected chi connectivity index (χ0v) is 10.8. The number of rotatable bonds is 3. The highest BCUT2D eigenvalue weighted by Crippen LogP contribution is 2.29. The molecule has 0 aromatic carbocycles. The van der Waals surface area contributed by atoms with Gasteiger partial charge in [0, 0.05) is 6.20 Å². The van der Waals surface area contributed by atoms with Crippen LogP contribution >= 0.6 is 0 Å². The second-order valence-corrected chi connectivity index (χ2v) is 5.87. The lowest BCUT2D eigenvalue weighted by Gasteiger charge is -2.12. The van der Waals surface area contributed by atoms with Gasteiger partial charge in [-0.05, 0) is 24.3 Å². The zero-order valence-electron chi connectivity index (χ0n) is 10.0. The molecule has 0 bridgehead atoms. The molecule has 0 saturated heterocycles. The number of fused-ring (bicyclic) bond motifs is 1. The van der Waals surface area contributed by atoms with Crippen LogP contribution < -0.4 is 0 Å². The highest BCUT2D eigenvalue weighted by atomic mass is 32.2. The minimum Gasteiger partial charge on any atom is -0.456 e. The molecular formula is C12H8N2O5S. The van der Waals surface area contributed by atoms with Crippen LogP contribution in [0.3, 0.4) is 0 Å². The number of furan rings is 1. The Balaban J connectivity index is 2.00. The monoisotopic (exact) mass is 292 g/mol. The van der Waals surface area contributed by atoms with Crippen molar-refractivity contribution >= 4 is 22.2 Å². The molecule has 2 aromatic rings. The Bertz CT molecular complexity index is 809. The molecule has 2 aromatic heterocycles. The molecule has 7 nitrogen and oxygen atoms in total. The summed E-state index contributed by atoms with van der Waals surface area (Å²) in [6.07, 6.45) is 1.81. The maximum atomic E-state index is 12.2. The van der Waals surface area contributed by atoms with Crippen molar-refractivity contribution in [2.45, 2.75) is 11.6 Å². The average Bonchev–Trinajstić information content (AvgIpc) is 2.97. The molecule has 1 aliphatic rings. The van der Waals surface area contributed by atoms with Gasteiger partial charge in [-0.3, -0.25) is 9.59 Å². The lowest BCUT2D eigenvalue weighted by molar-refractivity contribution is 0.0858. The average molecular weight is 292 g/mol. The molecule has 0 fully saturated rings. The third-order valence-corrected chi connectivity index (χ3v) is 4.55. The molecule has 8 heteroatoms. The summed E-state index contributed by atoms with van der Waals surface area (Å²) >= 11 is 0. The molecule has 0 spiro atoms. The molecular weight excluding hydrogens is 284 g/mol. The van der Waals surface area contributed by atoms with E-state index in [9.17, 15) is 18.0 Å². The summed E-state index contributed by atoms with van der Waals surface area (Å²) < 4.78 is 30.2. The molecule has 20 heavy (non-hydrogen) atoms. The van der Waals surface area contributed by atoms with Crippen LogP contribution in [0.5, 0.6) is 0 Å². The largest absolute Gasteiger partial charge is 0.456 e. The Morgan fingerprint density at radius 2 is 2.10 bits per heavy atom. The van der Waals surface area contributed by atoms with Gasteiger partial charge in [-0.2, -0.15) is 8.42 Å². The van der Waals surface area contributed by atoms with Crippen molar-refractivity contribution in [3.05, 3.63) is 47.5 Å². The molecule has 3 rings (SSSR count). The van der Waals surface area contributed by atoms with Gasteiger partial charge < -0.3 is 4.42 Å². The van der Waals surface area contributed by atoms with E-state index < -0.39 is 15.9 Å². The van der Waals surface area contributed by atoms with E-state index in [0.717, 1.165) is 0 Å². The molecule has 102 valence electrons. The van der Waals surface area contributed by atoms with Gasteiger partial charge in [-0.15, -0.1) is 0 Å². The highest BCUT2D eigenvalue weighted by Gasteiger charge is 2.42. The maximum Gasteiger partial charge on any atom is 0.285 e. The van der Waals surface area contributed by atoms with Gasteiger partial charge in [0.1, 0.15) is 5.76 Å². The topological polar surface area (TPSA) is 97.5 Å². The van der Waals surface area contributed by atoms with Crippen molar-refractivity contribution in [1.82, 2.24) is 9.29 Å². The van der Waals surface area contributed by atoms with E-state index in [1.54, 1.807) is 0 Å². The van der Waals surface area contributed by atoms with E-state index in [2.05, 4.69) is 4.98 Å². The predicted molar refractivity (Wildman–Crippen MR) is 65.4 cm³/mol. The summed E-state index contributed by atoms with van der Waals surface area (Å²) in [6.45, 7) is -0.272. The second kappa shape index (κ2) is 4.27. The number of hydrogen-bond donors (Lipinski definition) is 0. The number of aromatic nitrogens is 1. The zero-order chi connectivity index (χ0) is 14.3. The first-order chi connectivity index (χ1) is 9.54. The van der Waals surface area contributed by atoms with E-state index in [0.29, 0.717) is 10.6 Å². The molecule has 0 unspecified atom stereocenters. The lowest BCUT2D eigenvalue weighted by Crippen LogP contribution is -2.29. The third kappa shape index (κ3) is 1.73. The second-order valence-electron chi connectivity index (χ2n) is 4.09. The van der Waals surface area contributed by atoms with Crippen LogP contribution in [0.4, 0.5) is 0 Å². The van der Waals surface area contributed by atoms with E-state index in [4.69, 9.17) is 4.42 Å². The molecule has 0 saturated carbocycles. The van der Waals surface area contributed by atoms with Crippen molar-refractivity contribution in [3.8, 4) is 0 Å². The summed E-state index contributed by atoms with van der Waals surface area (Å²) in [5.74, 6) is -0.381. The molecule has 3 heterocycles. The minimum atomic E-state index is -3.97. The minimum absolute atomic E-state index is 0.0367. The van der Waals surface area contributed by atoms with Crippen molar-refractivity contribution in [2.75, 3.05) is 0 Å². The van der Waals surface area contributed by atoms with Gasteiger partial charge in [0.25, 0.3) is 15.9 Å². The summed E-state index contributed by atoms with van der Waals surface area (Å²) in [6, 6.07) is 5.75. The van der Waals surface area contributed by atoms with Crippen LogP contribution in [0, 0.1) is 0 Å². The first kappa shape index (κ1) is 12.5. The van der Waals surface area contributed by atoms with E-state index >= 15 is 0 Å². The van der Waals surface area contributed by atoms with Gasteiger partial charge in [0.15, 0.2) is 17.1 Å². The lowest BCUT2D eigenvalue weighted by atomic mass is 10.2. The summed E-state index contributed by atoms with van der Waals surface area (Å²) in [4.78, 5) is 26.4. The van der Waals surface area contributed by atoms with E-state index in [1.165, 1.54) is 30.5 Å². The van der Waals surface area contributed by atoms with Gasteiger partial charge in [0.2, 0.25) is 0 Å². The number of nitrogens with zero attached hydrogens (tertiary/aromatic N) is 2. The van der Waals surface area contributed by atoms with Gasteiger partial charge in [-0.1, -0.05) is 0 Å². The maximum absolute atomic E-state index is 12.2. The Morgan fingerprint density at radius 3 is 2.75 bits per heavy atom. The molecule has 0 radical (unpaired) electrons. The fourth-order valence-electron chi connectivity index (χ4n) is 1.95. The predicted octanol–water partition coefficient (Wildman–Crippen LogP) is 0.832. The summed E-state index contributed by atoms with van der Waals surface area (Å²) in [5, 5.41) is -0.257. The van der Waals surface area contributed by atoms with Crippen LogP contribution in [0.25, 0.3) is 0 Å². The third-order valence-electron chi connectivity index (χ3n) is 2.86. The van der Waals surface area contributed by atoms with Gasteiger partial charge in [-0.25, -0.2) is 9.29 Å². The normalized spacial score (nSPS) is 16.2. The number of aldehydes is 1. The quantitative estimate of drug-likeness (QED) is 0.777. The smallest absolute Gasteiger partial charge is 0.285 e. The van der Waals surface area contributed by atoms with Crippen LogP contribution in [-0.4, -0.2) is 29.9 Å². The number of hydrogen-bond acceptors (Lipinski definition) is 6. The molecule has 0 atom stereocenters. The Hall–Kier alpha value is -2.48. The Kier molecular flexibility index (Phi) is 2.68. The van der Waals surface area contributed by atoms with Crippen LogP contribution in [0.15, 0.2) is 39.9 Å². The number of pyridine rings is 1. The van der Waals surface area contributed by atoms with Crippen molar-refractivity contribution < 1.29 is 22.4 Å². The Labute approximate surface area is 113 Å². The summed E-state index contributed by atoms with van der Waals surface area (Å²) in [7, 11) is -3.97. The van der Waals surface area contributed by atoms with Gasteiger partial charge in [0.05, 0.1) is 12.1 Å². The summed E-state index contributed by atoms with van der Waals surface area (Å²) in [5.41, 5.74) is 0.0367. The van der Waals surface area contributed by atoms with Gasteiger partial charge >= 0.3 is 0 Å². The highest BCUT2D eigenvalue weighted by molar-refractivity contribution is 7.90. The molecule has 0 aliphatic carbocycles. The van der Waals surface area contributed by atoms with Crippen LogP contribution in [0.1, 0.15) is 26.7 Å². The fraction of sp³-hybridized carbons (Fsp3) is 0.0833. The fourth-order valence-corrected chi connectivity index (χ4v) is 3.40. The SMILES string of the molecule is O=Cc1ccc(CN2C(=O)c3cccnc3S2(=O)=O)o1. The number of sulfonamides is 1. The van der Waals surface area contributed by atoms with E-state index in [1.807, 2.05) is 0 Å². The molecule has 0 N–H and O–H groups in total. The molecule has 1 amide bonds. The van der Waals surface area contributed by atoms with Crippen molar-refractivity contribution in [1.29, 1.82) is 0 Å². The Morgan fingerprint density at radius 1 is 1.30 bits per heavy atom. The van der Waals surface area contributed by atoms with Crippen molar-refractivity contribution in [2.24, 2.45) is 0 Å².